The van der Waals surface area contributed by atoms with Crippen molar-refractivity contribution in [3.63, 3.8) is 0 Å². The van der Waals surface area contributed by atoms with E-state index < -0.39 is 0 Å². The molecule has 6 heteroatoms. The lowest BCUT2D eigenvalue weighted by molar-refractivity contribution is -0.130. The molecule has 0 atom stereocenters. The molecule has 152 valence electrons. The van der Waals surface area contributed by atoms with Gasteiger partial charge in [-0.05, 0) is 68.1 Å². The molecule has 0 aliphatic carbocycles. The Balaban J connectivity index is 1.55. The lowest BCUT2D eigenvalue weighted by Crippen LogP contribution is -2.26. The van der Waals surface area contributed by atoms with Crippen LogP contribution in [0.2, 0.25) is 0 Å². The number of hydrogen-bond acceptors (Lipinski definition) is 5. The molecule has 0 unspecified atom stereocenters. The van der Waals surface area contributed by atoms with Crippen LogP contribution in [-0.4, -0.2) is 34.6 Å². The summed E-state index contributed by atoms with van der Waals surface area (Å²) in [4.78, 5) is 18.5. The van der Waals surface area contributed by atoms with Gasteiger partial charge < -0.3 is 14.2 Å². The first-order valence-electron chi connectivity index (χ1n) is 9.82. The molecule has 6 nitrogen and oxygen atoms in total. The van der Waals surface area contributed by atoms with Gasteiger partial charge in [0.05, 0.1) is 13.2 Å². The van der Waals surface area contributed by atoms with Gasteiger partial charge in [0.1, 0.15) is 5.75 Å². The van der Waals surface area contributed by atoms with Crippen molar-refractivity contribution in [1.29, 1.82) is 0 Å². The summed E-state index contributed by atoms with van der Waals surface area (Å²) in [5, 5.41) is 4.02. The van der Waals surface area contributed by atoms with E-state index in [4.69, 9.17) is 9.26 Å². The van der Waals surface area contributed by atoms with Gasteiger partial charge in [-0.3, -0.25) is 4.79 Å². The number of ether oxygens (including phenoxy) is 1. The molecule has 0 saturated carbocycles. The van der Waals surface area contributed by atoms with Gasteiger partial charge in [-0.1, -0.05) is 23.4 Å². The molecule has 1 amide bonds. The Bertz CT molecular complexity index is 964. The third kappa shape index (κ3) is 5.44. The maximum atomic E-state index is 12.5. The fraction of sp³-hybridized carbons (Fsp3) is 0.348. The third-order valence-electron chi connectivity index (χ3n) is 4.89. The molecule has 0 spiro atoms. The molecule has 3 aromatic rings. The molecule has 3 rings (SSSR count). The van der Waals surface area contributed by atoms with Gasteiger partial charge in [0.2, 0.25) is 17.6 Å². The topological polar surface area (TPSA) is 68.5 Å². The van der Waals surface area contributed by atoms with Crippen LogP contribution in [0.4, 0.5) is 0 Å². The number of amides is 1. The second kappa shape index (κ2) is 9.37. The second-order valence-corrected chi connectivity index (χ2v) is 7.14. The Labute approximate surface area is 171 Å². The summed E-state index contributed by atoms with van der Waals surface area (Å²) in [6.07, 6.45) is 1.16. The van der Waals surface area contributed by atoms with E-state index in [2.05, 4.69) is 42.2 Å². The predicted octanol–water partition coefficient (Wildman–Crippen LogP) is 4.34. The number of benzene rings is 2. The van der Waals surface area contributed by atoms with Crippen molar-refractivity contribution in [2.75, 3.05) is 13.7 Å². The summed E-state index contributed by atoms with van der Waals surface area (Å²) >= 11 is 0. The molecule has 29 heavy (non-hydrogen) atoms. The molecule has 1 aromatic heterocycles. The summed E-state index contributed by atoms with van der Waals surface area (Å²) in [6.45, 7) is 7.03. The Hall–Kier alpha value is -3.15. The highest BCUT2D eigenvalue weighted by Crippen LogP contribution is 2.20. The summed E-state index contributed by atoms with van der Waals surface area (Å²) in [5.41, 5.74) is 4.52. The normalized spacial score (nSPS) is 10.8. The van der Waals surface area contributed by atoms with Crippen LogP contribution in [-0.2, 0) is 17.8 Å². The molecular weight excluding hydrogens is 366 g/mol. The fourth-order valence-corrected chi connectivity index (χ4v) is 3.00. The molecule has 0 bridgehead atoms. The van der Waals surface area contributed by atoms with Gasteiger partial charge in [-0.2, -0.15) is 4.98 Å². The van der Waals surface area contributed by atoms with Gasteiger partial charge in [-0.15, -0.1) is 0 Å². The number of rotatable bonds is 8. The van der Waals surface area contributed by atoms with Crippen molar-refractivity contribution < 1.29 is 14.1 Å². The first-order valence-corrected chi connectivity index (χ1v) is 9.82. The zero-order valence-electron chi connectivity index (χ0n) is 17.4. The van der Waals surface area contributed by atoms with Crippen molar-refractivity contribution in [1.82, 2.24) is 15.0 Å². The highest BCUT2D eigenvalue weighted by atomic mass is 16.5. The Kier molecular flexibility index (Phi) is 6.65. The molecule has 0 aliphatic heterocycles. The minimum Gasteiger partial charge on any atom is -0.494 e. The van der Waals surface area contributed by atoms with Gasteiger partial charge in [0, 0.05) is 19.0 Å². The summed E-state index contributed by atoms with van der Waals surface area (Å²) < 4.78 is 10.8. The first kappa shape index (κ1) is 20.6. The highest BCUT2D eigenvalue weighted by Gasteiger charge is 2.15. The van der Waals surface area contributed by atoms with Crippen LogP contribution in [0.1, 0.15) is 35.9 Å². The van der Waals surface area contributed by atoms with Crippen LogP contribution < -0.4 is 4.74 Å². The number of aromatic nitrogens is 2. The van der Waals surface area contributed by atoms with E-state index in [0.717, 1.165) is 11.3 Å². The minimum atomic E-state index is 0.0454. The molecular formula is C23H27N3O3. The van der Waals surface area contributed by atoms with Gasteiger partial charge in [-0.25, -0.2) is 0 Å². The van der Waals surface area contributed by atoms with E-state index in [1.165, 1.54) is 16.7 Å². The van der Waals surface area contributed by atoms with E-state index in [1.807, 2.05) is 31.2 Å². The summed E-state index contributed by atoms with van der Waals surface area (Å²) in [6, 6.07) is 13.8. The zero-order valence-corrected chi connectivity index (χ0v) is 17.4. The lowest BCUT2D eigenvalue weighted by Gasteiger charge is -2.14. The van der Waals surface area contributed by atoms with Crippen molar-refractivity contribution in [2.45, 2.75) is 40.2 Å². The average molecular weight is 393 g/mol. The molecule has 0 radical (unpaired) electrons. The smallest absolute Gasteiger partial charge is 0.246 e. The van der Waals surface area contributed by atoms with Crippen LogP contribution in [0.3, 0.4) is 0 Å². The predicted molar refractivity (Wildman–Crippen MR) is 112 cm³/mol. The minimum absolute atomic E-state index is 0.0454. The van der Waals surface area contributed by atoms with E-state index >= 15 is 0 Å². The maximum Gasteiger partial charge on any atom is 0.246 e. The van der Waals surface area contributed by atoms with Gasteiger partial charge >= 0.3 is 0 Å². The number of nitrogens with zero attached hydrogens (tertiary/aromatic N) is 3. The van der Waals surface area contributed by atoms with Crippen LogP contribution in [0, 0.1) is 13.8 Å². The Morgan fingerprint density at radius 1 is 1.10 bits per heavy atom. The van der Waals surface area contributed by atoms with Crippen LogP contribution in [0.25, 0.3) is 11.4 Å². The monoisotopic (exact) mass is 393 g/mol. The number of carbonyl (C=O) groups excluding carboxylic acids is 1. The lowest BCUT2D eigenvalue weighted by atomic mass is 10.0. The zero-order chi connectivity index (χ0) is 20.8. The van der Waals surface area contributed by atoms with Crippen LogP contribution >= 0.6 is 0 Å². The fourth-order valence-electron chi connectivity index (χ4n) is 3.00. The molecule has 0 saturated heterocycles. The molecule has 0 N–H and O–H groups in total. The van der Waals surface area contributed by atoms with E-state index in [0.29, 0.717) is 31.2 Å². The maximum absolute atomic E-state index is 12.5. The average Bonchev–Trinajstić information content (AvgIpc) is 3.18. The van der Waals surface area contributed by atoms with E-state index in [1.54, 1.807) is 11.9 Å². The third-order valence-corrected chi connectivity index (χ3v) is 4.89. The molecule has 0 aliphatic rings. The van der Waals surface area contributed by atoms with E-state index in [-0.39, 0.29) is 12.5 Å². The van der Waals surface area contributed by atoms with Gasteiger partial charge in [0.15, 0.2) is 0 Å². The van der Waals surface area contributed by atoms with Crippen LogP contribution in [0.5, 0.6) is 5.75 Å². The standard InChI is InChI=1S/C23H27N3O3/c1-5-28-20-11-9-19(10-12-20)23-24-21(29-25-23)15-26(4)22(27)13-8-18-7-6-16(2)17(3)14-18/h6-7,9-12,14H,5,8,13,15H2,1-4H3. The highest BCUT2D eigenvalue weighted by molar-refractivity contribution is 5.76. The number of hydrogen-bond donors (Lipinski definition) is 0. The largest absolute Gasteiger partial charge is 0.494 e. The van der Waals surface area contributed by atoms with Crippen molar-refractivity contribution in [3.05, 3.63) is 65.0 Å². The second-order valence-electron chi connectivity index (χ2n) is 7.14. The molecule has 2 aromatic carbocycles. The number of aryl methyl sites for hydroxylation is 3. The summed E-state index contributed by atoms with van der Waals surface area (Å²) in [5.74, 6) is 1.76. The molecule has 1 heterocycles. The van der Waals surface area contributed by atoms with Crippen molar-refractivity contribution in [3.8, 4) is 17.1 Å². The SMILES string of the molecule is CCOc1ccc(-c2noc(CN(C)C(=O)CCc3ccc(C)c(C)c3)n2)cc1. The first-order chi connectivity index (χ1) is 14.0. The summed E-state index contributed by atoms with van der Waals surface area (Å²) in [7, 11) is 1.75. The number of carbonyl (C=O) groups is 1. The Morgan fingerprint density at radius 2 is 1.86 bits per heavy atom. The Morgan fingerprint density at radius 3 is 2.55 bits per heavy atom. The van der Waals surface area contributed by atoms with Crippen molar-refractivity contribution >= 4 is 5.91 Å². The van der Waals surface area contributed by atoms with Gasteiger partial charge in [0.25, 0.3) is 0 Å². The van der Waals surface area contributed by atoms with E-state index in [9.17, 15) is 4.79 Å². The quantitative estimate of drug-likeness (QED) is 0.569. The van der Waals surface area contributed by atoms with Crippen molar-refractivity contribution in [2.24, 2.45) is 0 Å². The molecule has 0 fully saturated rings. The van der Waals surface area contributed by atoms with Crippen LogP contribution in [0.15, 0.2) is 47.0 Å².